The molecule has 118 valence electrons. The molecule has 0 radical (unpaired) electrons. The molecule has 0 bridgehead atoms. The molecule has 0 spiro atoms. The van der Waals surface area contributed by atoms with Crippen molar-refractivity contribution in [3.05, 3.63) is 36.7 Å². The van der Waals surface area contributed by atoms with E-state index in [4.69, 9.17) is 0 Å². The van der Waals surface area contributed by atoms with E-state index in [1.807, 2.05) is 30.8 Å². The van der Waals surface area contributed by atoms with E-state index in [0.29, 0.717) is 6.54 Å². The fourth-order valence-electron chi connectivity index (χ4n) is 2.30. The van der Waals surface area contributed by atoms with Gasteiger partial charge in [0.15, 0.2) is 0 Å². The molecule has 1 fully saturated rings. The number of piperazine rings is 1. The van der Waals surface area contributed by atoms with Gasteiger partial charge in [0.2, 0.25) is 5.91 Å². The van der Waals surface area contributed by atoms with Crippen LogP contribution in [-0.2, 0) is 4.79 Å². The van der Waals surface area contributed by atoms with Crippen LogP contribution in [0.1, 0.15) is 6.92 Å². The summed E-state index contributed by atoms with van der Waals surface area (Å²) in [6, 6.07) is 0.131. The zero-order chi connectivity index (χ0) is 16.0. The lowest BCUT2D eigenvalue weighted by molar-refractivity contribution is -0.133. The summed E-state index contributed by atoms with van der Waals surface area (Å²) in [5, 5.41) is 0. The van der Waals surface area contributed by atoms with E-state index in [-0.39, 0.29) is 11.9 Å². The largest absolute Gasteiger partial charge is 0.339 e. The minimum Gasteiger partial charge on any atom is -0.339 e. The number of carbonyl (C=O) groups excluding carboxylic acids is 1. The van der Waals surface area contributed by atoms with Gasteiger partial charge in [0.25, 0.3) is 0 Å². The molecule has 0 aromatic rings. The minimum atomic E-state index is -0.470. The van der Waals surface area contributed by atoms with Crippen molar-refractivity contribution >= 4 is 5.91 Å². The second kappa shape index (κ2) is 8.10. The summed E-state index contributed by atoms with van der Waals surface area (Å²) in [4.78, 5) is 18.0. The monoisotopic (exact) mass is 295 g/mol. The first kappa shape index (κ1) is 17.6. The molecule has 0 aliphatic carbocycles. The second-order valence-electron chi connectivity index (χ2n) is 5.69. The van der Waals surface area contributed by atoms with Crippen molar-refractivity contribution < 1.29 is 9.18 Å². The van der Waals surface area contributed by atoms with Gasteiger partial charge in [-0.3, -0.25) is 9.69 Å². The third-order valence-corrected chi connectivity index (χ3v) is 3.68. The average Bonchev–Trinajstić information content (AvgIpc) is 2.43. The van der Waals surface area contributed by atoms with Gasteiger partial charge in [-0.1, -0.05) is 19.2 Å². The molecule has 1 rings (SSSR count). The molecule has 1 aliphatic rings. The Hall–Kier alpha value is -1.46. The van der Waals surface area contributed by atoms with Gasteiger partial charge >= 0.3 is 0 Å². The van der Waals surface area contributed by atoms with Crippen LogP contribution in [0.25, 0.3) is 0 Å². The number of nitrogens with zero attached hydrogens (tertiary/aromatic N) is 3. The van der Waals surface area contributed by atoms with Crippen LogP contribution < -0.4 is 0 Å². The van der Waals surface area contributed by atoms with E-state index in [1.165, 1.54) is 6.08 Å². The number of hydrogen-bond donors (Lipinski definition) is 0. The summed E-state index contributed by atoms with van der Waals surface area (Å²) in [5.41, 5.74) is 0.849. The summed E-state index contributed by atoms with van der Waals surface area (Å²) < 4.78 is 12.6. The maximum atomic E-state index is 12.6. The highest BCUT2D eigenvalue weighted by molar-refractivity contribution is 5.78. The van der Waals surface area contributed by atoms with E-state index in [1.54, 1.807) is 6.08 Å². The Kier molecular flexibility index (Phi) is 6.78. The molecule has 0 aromatic heterocycles. The van der Waals surface area contributed by atoms with Gasteiger partial charge in [0.05, 0.1) is 6.54 Å². The van der Waals surface area contributed by atoms with E-state index in [2.05, 4.69) is 18.1 Å². The SMILES string of the molecule is C=C(F)/C=C\C(=C)C(C)N1CCN(C(=O)CN(C)C)CC1. The Labute approximate surface area is 127 Å². The van der Waals surface area contributed by atoms with Crippen LogP contribution in [0.4, 0.5) is 4.39 Å². The second-order valence-corrected chi connectivity index (χ2v) is 5.69. The van der Waals surface area contributed by atoms with Crippen LogP contribution in [-0.4, -0.2) is 73.5 Å². The molecule has 4 nitrogen and oxygen atoms in total. The summed E-state index contributed by atoms with van der Waals surface area (Å²) in [6.45, 7) is 12.7. The Bertz CT molecular complexity index is 423. The van der Waals surface area contributed by atoms with Gasteiger partial charge in [0, 0.05) is 32.2 Å². The number of allylic oxidation sites excluding steroid dienone is 2. The molecule has 0 saturated carbocycles. The molecule has 1 amide bonds. The lowest BCUT2D eigenvalue weighted by atomic mass is 10.1. The average molecular weight is 295 g/mol. The molecule has 0 aromatic carbocycles. The van der Waals surface area contributed by atoms with Crippen LogP contribution in [0.2, 0.25) is 0 Å². The third kappa shape index (κ3) is 5.81. The third-order valence-electron chi connectivity index (χ3n) is 3.68. The predicted octanol–water partition coefficient (Wildman–Crippen LogP) is 1.68. The summed E-state index contributed by atoms with van der Waals surface area (Å²) in [7, 11) is 3.79. The fourth-order valence-corrected chi connectivity index (χ4v) is 2.30. The maximum absolute atomic E-state index is 12.6. The van der Waals surface area contributed by atoms with E-state index >= 15 is 0 Å². The highest BCUT2D eigenvalue weighted by Gasteiger charge is 2.24. The van der Waals surface area contributed by atoms with Crippen LogP contribution in [0.3, 0.4) is 0 Å². The van der Waals surface area contributed by atoms with Crippen molar-refractivity contribution in [2.75, 3.05) is 46.8 Å². The van der Waals surface area contributed by atoms with Crippen molar-refractivity contribution in [1.82, 2.24) is 14.7 Å². The number of hydrogen-bond acceptors (Lipinski definition) is 3. The molecular formula is C16H26FN3O. The molecule has 1 saturated heterocycles. The Morgan fingerprint density at radius 1 is 1.24 bits per heavy atom. The fraction of sp³-hybridized carbons (Fsp3) is 0.562. The number of halogens is 1. The normalized spacial score (nSPS) is 18.2. The molecule has 1 heterocycles. The molecule has 21 heavy (non-hydrogen) atoms. The van der Waals surface area contributed by atoms with Crippen LogP contribution in [0.15, 0.2) is 36.7 Å². The molecule has 1 atom stereocenters. The first-order valence-corrected chi connectivity index (χ1v) is 7.19. The first-order chi connectivity index (χ1) is 9.81. The van der Waals surface area contributed by atoms with Crippen molar-refractivity contribution in [3.8, 4) is 0 Å². The Balaban J connectivity index is 2.47. The summed E-state index contributed by atoms with van der Waals surface area (Å²) in [5.74, 6) is -0.304. The molecule has 0 N–H and O–H groups in total. The summed E-state index contributed by atoms with van der Waals surface area (Å²) >= 11 is 0. The smallest absolute Gasteiger partial charge is 0.236 e. The Morgan fingerprint density at radius 3 is 2.29 bits per heavy atom. The van der Waals surface area contributed by atoms with Crippen molar-refractivity contribution in [2.45, 2.75) is 13.0 Å². The lowest BCUT2D eigenvalue weighted by Gasteiger charge is -2.38. The van der Waals surface area contributed by atoms with Crippen LogP contribution in [0.5, 0.6) is 0 Å². The quantitative estimate of drug-likeness (QED) is 0.698. The molecule has 1 unspecified atom stereocenters. The number of rotatable bonds is 6. The maximum Gasteiger partial charge on any atom is 0.236 e. The van der Waals surface area contributed by atoms with Crippen LogP contribution in [0, 0.1) is 0 Å². The van der Waals surface area contributed by atoms with Gasteiger partial charge in [-0.25, -0.2) is 4.39 Å². The number of likely N-dealkylation sites (N-methyl/N-ethyl adjacent to an activating group) is 1. The number of amides is 1. The van der Waals surface area contributed by atoms with Crippen molar-refractivity contribution in [1.29, 1.82) is 0 Å². The zero-order valence-corrected chi connectivity index (χ0v) is 13.3. The van der Waals surface area contributed by atoms with Gasteiger partial charge < -0.3 is 9.80 Å². The van der Waals surface area contributed by atoms with Crippen molar-refractivity contribution in [2.24, 2.45) is 0 Å². The van der Waals surface area contributed by atoms with Crippen LogP contribution >= 0.6 is 0 Å². The van der Waals surface area contributed by atoms with Crippen molar-refractivity contribution in [3.63, 3.8) is 0 Å². The van der Waals surface area contributed by atoms with Gasteiger partial charge in [-0.05, 0) is 32.7 Å². The molecular weight excluding hydrogens is 269 g/mol. The van der Waals surface area contributed by atoms with Gasteiger partial charge in [0.1, 0.15) is 5.83 Å². The molecule has 5 heteroatoms. The van der Waals surface area contributed by atoms with Gasteiger partial charge in [-0.15, -0.1) is 0 Å². The summed E-state index contributed by atoms with van der Waals surface area (Å²) in [6.07, 6.45) is 2.99. The predicted molar refractivity (Wildman–Crippen MR) is 84.7 cm³/mol. The van der Waals surface area contributed by atoms with Gasteiger partial charge in [-0.2, -0.15) is 0 Å². The highest BCUT2D eigenvalue weighted by Crippen LogP contribution is 2.14. The standard InChI is InChI=1S/C16H26FN3O/c1-13(6-7-14(2)17)15(3)19-8-10-20(11-9-19)16(21)12-18(4)5/h6-7,15H,1-2,8-12H2,3-5H3/b7-6-. The topological polar surface area (TPSA) is 26.8 Å². The number of carbonyl (C=O) groups is 1. The highest BCUT2D eigenvalue weighted by atomic mass is 19.1. The van der Waals surface area contributed by atoms with E-state index < -0.39 is 5.83 Å². The minimum absolute atomic E-state index is 0.131. The Morgan fingerprint density at radius 2 is 1.81 bits per heavy atom. The zero-order valence-electron chi connectivity index (χ0n) is 13.3. The first-order valence-electron chi connectivity index (χ1n) is 7.19. The van der Waals surface area contributed by atoms with E-state index in [9.17, 15) is 9.18 Å². The molecule has 1 aliphatic heterocycles. The lowest BCUT2D eigenvalue weighted by Crippen LogP contribution is -2.53. The van der Waals surface area contributed by atoms with E-state index in [0.717, 1.165) is 31.8 Å².